The van der Waals surface area contributed by atoms with Crippen LogP contribution in [-0.4, -0.2) is 42.0 Å². The van der Waals surface area contributed by atoms with Crippen LogP contribution in [0.3, 0.4) is 0 Å². The highest BCUT2D eigenvalue weighted by molar-refractivity contribution is 5.77. The Morgan fingerprint density at radius 3 is 2.60 bits per heavy atom. The summed E-state index contributed by atoms with van der Waals surface area (Å²) < 4.78 is 0. The third kappa shape index (κ3) is 4.10. The number of nitrogens with one attached hydrogen (secondary N) is 1. The van der Waals surface area contributed by atoms with E-state index in [0.717, 1.165) is 45.1 Å². The minimum Gasteiger partial charge on any atom is -0.352 e. The van der Waals surface area contributed by atoms with E-state index in [2.05, 4.69) is 5.32 Å². The Labute approximate surface area is 120 Å². The zero-order valence-corrected chi connectivity index (χ0v) is 12.1. The first-order chi connectivity index (χ1) is 9.48. The van der Waals surface area contributed by atoms with E-state index < -0.39 is 6.03 Å². The molecule has 0 radical (unpaired) electrons. The fourth-order valence-corrected chi connectivity index (χ4v) is 3.37. The summed E-state index contributed by atoms with van der Waals surface area (Å²) in [7, 11) is 0. The number of amides is 3. The molecule has 1 aliphatic heterocycles. The second-order valence-electron chi connectivity index (χ2n) is 6.34. The van der Waals surface area contributed by atoms with Crippen LogP contribution in [0, 0.1) is 5.92 Å². The predicted octanol–water partition coefficient (Wildman–Crippen LogP) is 0.555. The first-order valence-electron chi connectivity index (χ1n) is 7.58. The fourth-order valence-electron chi connectivity index (χ4n) is 3.37. The second kappa shape index (κ2) is 6.43. The van der Waals surface area contributed by atoms with Gasteiger partial charge in [0.25, 0.3) is 0 Å². The van der Waals surface area contributed by atoms with E-state index in [-0.39, 0.29) is 11.4 Å². The van der Waals surface area contributed by atoms with Crippen molar-refractivity contribution in [3.05, 3.63) is 0 Å². The van der Waals surface area contributed by atoms with Gasteiger partial charge in [-0.05, 0) is 31.6 Å². The van der Waals surface area contributed by atoms with Gasteiger partial charge in [0.15, 0.2) is 0 Å². The monoisotopic (exact) mass is 282 g/mol. The van der Waals surface area contributed by atoms with E-state index in [1.54, 1.807) is 0 Å². The van der Waals surface area contributed by atoms with Gasteiger partial charge in [-0.1, -0.05) is 12.8 Å². The Bertz CT molecular complexity index is 366. The molecule has 1 saturated heterocycles. The van der Waals surface area contributed by atoms with Crippen LogP contribution in [0.25, 0.3) is 0 Å². The number of carbonyl (C=O) groups excluding carboxylic acids is 2. The van der Waals surface area contributed by atoms with Crippen molar-refractivity contribution in [2.45, 2.75) is 50.5 Å². The molecule has 6 heteroatoms. The zero-order chi connectivity index (χ0) is 14.6. The molecule has 1 heterocycles. The van der Waals surface area contributed by atoms with Crippen LogP contribution in [0.4, 0.5) is 4.79 Å². The molecule has 6 nitrogen and oxygen atoms in total. The summed E-state index contributed by atoms with van der Waals surface area (Å²) in [6, 6.07) is -0.500. The molecule has 0 aromatic rings. The van der Waals surface area contributed by atoms with E-state index in [0.29, 0.717) is 25.4 Å². The summed E-state index contributed by atoms with van der Waals surface area (Å²) in [6.45, 7) is 2.06. The summed E-state index contributed by atoms with van der Waals surface area (Å²) >= 11 is 0. The SMILES string of the molecule is NC(=O)NCC1CCCN(C(=O)CC2(N)CCCC2)C1. The lowest BCUT2D eigenvalue weighted by Gasteiger charge is -2.35. The highest BCUT2D eigenvalue weighted by atomic mass is 16.2. The fraction of sp³-hybridized carbons (Fsp3) is 0.857. The number of hydrogen-bond donors (Lipinski definition) is 3. The van der Waals surface area contributed by atoms with Crippen molar-refractivity contribution in [1.82, 2.24) is 10.2 Å². The summed E-state index contributed by atoms with van der Waals surface area (Å²) in [5, 5.41) is 2.63. The molecular weight excluding hydrogens is 256 g/mol. The molecule has 1 unspecified atom stereocenters. The highest BCUT2D eigenvalue weighted by Crippen LogP contribution is 2.31. The second-order valence-corrected chi connectivity index (χ2v) is 6.34. The average molecular weight is 282 g/mol. The number of nitrogens with two attached hydrogens (primary N) is 2. The molecule has 0 bridgehead atoms. The lowest BCUT2D eigenvalue weighted by atomic mass is 9.92. The van der Waals surface area contributed by atoms with Gasteiger partial charge >= 0.3 is 6.03 Å². The van der Waals surface area contributed by atoms with Crippen LogP contribution >= 0.6 is 0 Å². The minimum atomic E-state index is -0.500. The topological polar surface area (TPSA) is 101 Å². The average Bonchev–Trinajstić information content (AvgIpc) is 2.83. The predicted molar refractivity (Wildman–Crippen MR) is 76.9 cm³/mol. The third-order valence-electron chi connectivity index (χ3n) is 4.54. The number of primary amides is 1. The van der Waals surface area contributed by atoms with E-state index in [1.807, 2.05) is 4.90 Å². The van der Waals surface area contributed by atoms with Crippen molar-refractivity contribution in [2.24, 2.45) is 17.4 Å². The molecule has 3 amide bonds. The number of rotatable bonds is 4. The van der Waals surface area contributed by atoms with Gasteiger partial charge in [0, 0.05) is 31.6 Å². The Balaban J connectivity index is 1.81. The molecule has 0 spiro atoms. The van der Waals surface area contributed by atoms with Gasteiger partial charge in [0.2, 0.25) is 5.91 Å². The van der Waals surface area contributed by atoms with Crippen molar-refractivity contribution in [1.29, 1.82) is 0 Å². The van der Waals surface area contributed by atoms with Gasteiger partial charge < -0.3 is 21.7 Å². The molecule has 114 valence electrons. The molecule has 20 heavy (non-hydrogen) atoms. The summed E-state index contributed by atoms with van der Waals surface area (Å²) in [5.74, 6) is 0.468. The van der Waals surface area contributed by atoms with Crippen molar-refractivity contribution in [3.8, 4) is 0 Å². The largest absolute Gasteiger partial charge is 0.352 e. The van der Waals surface area contributed by atoms with Crippen LogP contribution in [-0.2, 0) is 4.79 Å². The quantitative estimate of drug-likeness (QED) is 0.702. The van der Waals surface area contributed by atoms with Crippen LogP contribution in [0.15, 0.2) is 0 Å². The van der Waals surface area contributed by atoms with E-state index in [4.69, 9.17) is 11.5 Å². The maximum absolute atomic E-state index is 12.4. The number of likely N-dealkylation sites (tertiary alicyclic amines) is 1. The number of nitrogens with zero attached hydrogens (tertiary/aromatic N) is 1. The summed E-state index contributed by atoms with van der Waals surface area (Å²) in [6.07, 6.45) is 6.65. The molecule has 1 aliphatic carbocycles. The Kier molecular flexibility index (Phi) is 4.86. The molecule has 5 N–H and O–H groups in total. The standard InChI is InChI=1S/C14H26N4O2/c15-13(20)17-9-11-4-3-7-18(10-11)12(19)8-14(16)5-1-2-6-14/h11H,1-10,16H2,(H3,15,17,20). The van der Waals surface area contributed by atoms with Crippen molar-refractivity contribution in [3.63, 3.8) is 0 Å². The first-order valence-corrected chi connectivity index (χ1v) is 7.58. The van der Waals surface area contributed by atoms with Gasteiger partial charge in [-0.25, -0.2) is 4.79 Å². The lowest BCUT2D eigenvalue weighted by Crippen LogP contribution is -2.48. The molecule has 2 fully saturated rings. The summed E-state index contributed by atoms with van der Waals surface area (Å²) in [4.78, 5) is 25.0. The molecular formula is C14H26N4O2. The first kappa shape index (κ1) is 15.1. The van der Waals surface area contributed by atoms with Gasteiger partial charge in [0.05, 0.1) is 0 Å². The van der Waals surface area contributed by atoms with Crippen LogP contribution in [0.5, 0.6) is 0 Å². The maximum atomic E-state index is 12.4. The third-order valence-corrected chi connectivity index (χ3v) is 4.54. The molecule has 1 atom stereocenters. The molecule has 0 aromatic carbocycles. The van der Waals surface area contributed by atoms with Crippen molar-refractivity contribution >= 4 is 11.9 Å². The number of urea groups is 1. The van der Waals surface area contributed by atoms with Gasteiger partial charge in [0.1, 0.15) is 0 Å². The smallest absolute Gasteiger partial charge is 0.312 e. The van der Waals surface area contributed by atoms with E-state index in [1.165, 1.54) is 0 Å². The van der Waals surface area contributed by atoms with Crippen molar-refractivity contribution < 1.29 is 9.59 Å². The maximum Gasteiger partial charge on any atom is 0.312 e. The van der Waals surface area contributed by atoms with E-state index >= 15 is 0 Å². The van der Waals surface area contributed by atoms with Gasteiger partial charge in [-0.2, -0.15) is 0 Å². The molecule has 0 aromatic heterocycles. The van der Waals surface area contributed by atoms with Crippen molar-refractivity contribution in [2.75, 3.05) is 19.6 Å². The Morgan fingerprint density at radius 2 is 1.95 bits per heavy atom. The summed E-state index contributed by atoms with van der Waals surface area (Å²) in [5.41, 5.74) is 11.1. The molecule has 1 saturated carbocycles. The number of carbonyl (C=O) groups is 2. The van der Waals surface area contributed by atoms with E-state index in [9.17, 15) is 9.59 Å². The van der Waals surface area contributed by atoms with Crippen LogP contribution in [0.2, 0.25) is 0 Å². The highest BCUT2D eigenvalue weighted by Gasteiger charge is 2.34. The lowest BCUT2D eigenvalue weighted by molar-refractivity contribution is -0.134. The minimum absolute atomic E-state index is 0.165. The van der Waals surface area contributed by atoms with Gasteiger partial charge in [-0.15, -0.1) is 0 Å². The number of hydrogen-bond acceptors (Lipinski definition) is 3. The Morgan fingerprint density at radius 1 is 1.25 bits per heavy atom. The van der Waals surface area contributed by atoms with Crippen LogP contribution < -0.4 is 16.8 Å². The zero-order valence-electron chi connectivity index (χ0n) is 12.1. The molecule has 2 aliphatic rings. The normalized spacial score (nSPS) is 25.4. The van der Waals surface area contributed by atoms with Crippen LogP contribution in [0.1, 0.15) is 44.9 Å². The molecule has 2 rings (SSSR count). The Hall–Kier alpha value is -1.30. The number of piperidine rings is 1. The van der Waals surface area contributed by atoms with Gasteiger partial charge in [-0.3, -0.25) is 4.79 Å².